The quantitative estimate of drug-likeness (QED) is 0.375. The minimum Gasteiger partial charge on any atom is -0.497 e. The van der Waals surface area contributed by atoms with E-state index in [1.807, 2.05) is 43.3 Å². The van der Waals surface area contributed by atoms with E-state index < -0.39 is 12.1 Å². The molecule has 5 rings (SSSR count). The normalized spacial score (nSPS) is 14.6. The van der Waals surface area contributed by atoms with Crippen molar-refractivity contribution < 1.29 is 18.7 Å². The second-order valence-electron chi connectivity index (χ2n) is 8.54. The standard InChI is InChI=1S/C29H20N4O4/c1-16-3-5-18(6-4-16)27(34)25-22-11-19(13-30)20(14-31)12-24(22)37-28(25)23-15-32-29(35)33-26(23)17-7-9-21(36-2)10-8-17/h3-12,15,26H,1-2H3,(H2,32,33,35)/t26-/m1/s1. The number of urea groups is 1. The highest BCUT2D eigenvalue weighted by atomic mass is 16.5. The van der Waals surface area contributed by atoms with E-state index in [9.17, 15) is 20.1 Å². The number of nitrogens with one attached hydrogen (secondary N) is 2. The number of nitriles is 2. The van der Waals surface area contributed by atoms with Crippen molar-refractivity contribution in [2.75, 3.05) is 7.11 Å². The van der Waals surface area contributed by atoms with Gasteiger partial charge in [0.05, 0.1) is 29.8 Å². The number of furan rings is 1. The molecule has 0 aliphatic carbocycles. The van der Waals surface area contributed by atoms with Crippen LogP contribution < -0.4 is 15.4 Å². The molecule has 1 aliphatic rings. The van der Waals surface area contributed by atoms with Gasteiger partial charge in [0.1, 0.15) is 29.2 Å². The van der Waals surface area contributed by atoms with Gasteiger partial charge in [0.2, 0.25) is 0 Å². The number of methoxy groups -OCH3 is 1. The van der Waals surface area contributed by atoms with Crippen LogP contribution in [0.25, 0.3) is 16.5 Å². The number of ketones is 1. The monoisotopic (exact) mass is 488 g/mol. The zero-order valence-corrected chi connectivity index (χ0v) is 20.0. The van der Waals surface area contributed by atoms with Gasteiger partial charge in [-0.3, -0.25) is 4.79 Å². The fourth-order valence-corrected chi connectivity index (χ4v) is 4.34. The van der Waals surface area contributed by atoms with Crippen LogP contribution in [0.5, 0.6) is 5.75 Å². The van der Waals surface area contributed by atoms with Gasteiger partial charge in [0.15, 0.2) is 5.78 Å². The zero-order valence-electron chi connectivity index (χ0n) is 20.0. The minimum absolute atomic E-state index is 0.135. The van der Waals surface area contributed by atoms with Crippen molar-refractivity contribution in [2.45, 2.75) is 13.0 Å². The summed E-state index contributed by atoms with van der Waals surface area (Å²) in [5.41, 5.74) is 3.49. The van der Waals surface area contributed by atoms with E-state index in [1.165, 1.54) is 18.3 Å². The molecule has 2 heterocycles. The molecule has 37 heavy (non-hydrogen) atoms. The van der Waals surface area contributed by atoms with E-state index in [0.29, 0.717) is 22.3 Å². The minimum atomic E-state index is -0.643. The van der Waals surface area contributed by atoms with Gasteiger partial charge in [-0.2, -0.15) is 10.5 Å². The summed E-state index contributed by atoms with van der Waals surface area (Å²) < 4.78 is 11.5. The molecule has 4 aromatic rings. The highest BCUT2D eigenvalue weighted by Gasteiger charge is 2.32. The number of amides is 2. The van der Waals surface area contributed by atoms with E-state index in [-0.39, 0.29) is 33.8 Å². The van der Waals surface area contributed by atoms with E-state index >= 15 is 0 Å². The smallest absolute Gasteiger partial charge is 0.319 e. The van der Waals surface area contributed by atoms with Gasteiger partial charge < -0.3 is 19.8 Å². The number of carbonyl (C=O) groups excluding carboxylic acids is 2. The Labute approximate surface area is 212 Å². The number of rotatable bonds is 5. The molecule has 0 saturated carbocycles. The van der Waals surface area contributed by atoms with Crippen LogP contribution in [0, 0.1) is 29.6 Å². The van der Waals surface area contributed by atoms with E-state index in [1.54, 1.807) is 31.4 Å². The maximum absolute atomic E-state index is 13.9. The molecule has 0 radical (unpaired) electrons. The fraction of sp³-hybridized carbons (Fsp3) is 0.103. The van der Waals surface area contributed by atoms with Crippen molar-refractivity contribution in [3.8, 4) is 17.9 Å². The van der Waals surface area contributed by atoms with Crippen LogP contribution in [0.4, 0.5) is 4.79 Å². The summed E-state index contributed by atoms with van der Waals surface area (Å²) in [5, 5.41) is 25.1. The predicted octanol–water partition coefficient (Wildman–Crippen LogP) is 5.12. The van der Waals surface area contributed by atoms with Gasteiger partial charge in [-0.1, -0.05) is 42.0 Å². The fourth-order valence-electron chi connectivity index (χ4n) is 4.34. The molecule has 0 bridgehead atoms. The van der Waals surface area contributed by atoms with Crippen molar-refractivity contribution in [2.24, 2.45) is 0 Å². The Balaban J connectivity index is 1.75. The molecule has 180 valence electrons. The lowest BCUT2D eigenvalue weighted by molar-refractivity contribution is 0.103. The number of benzene rings is 3. The Morgan fingerprint density at radius 2 is 1.68 bits per heavy atom. The third-order valence-corrected chi connectivity index (χ3v) is 6.27. The summed E-state index contributed by atoms with van der Waals surface area (Å²) in [4.78, 5) is 26.2. The van der Waals surface area contributed by atoms with Gasteiger partial charge in [0.25, 0.3) is 0 Å². The first-order valence-electron chi connectivity index (χ1n) is 11.4. The van der Waals surface area contributed by atoms with Gasteiger partial charge in [-0.05, 0) is 30.7 Å². The molecular weight excluding hydrogens is 468 g/mol. The third-order valence-electron chi connectivity index (χ3n) is 6.27. The molecule has 3 aromatic carbocycles. The Morgan fingerprint density at radius 3 is 2.32 bits per heavy atom. The van der Waals surface area contributed by atoms with Crippen LogP contribution >= 0.6 is 0 Å². The van der Waals surface area contributed by atoms with Crippen molar-refractivity contribution in [1.29, 1.82) is 10.5 Å². The highest BCUT2D eigenvalue weighted by Crippen LogP contribution is 2.40. The molecule has 0 fully saturated rings. The van der Waals surface area contributed by atoms with Crippen molar-refractivity contribution >= 4 is 28.4 Å². The molecule has 1 aliphatic heterocycles. The van der Waals surface area contributed by atoms with Gasteiger partial charge in [-0.25, -0.2) is 4.79 Å². The molecule has 1 aromatic heterocycles. The molecule has 2 N–H and O–H groups in total. The van der Waals surface area contributed by atoms with Crippen molar-refractivity contribution in [3.63, 3.8) is 0 Å². The molecule has 1 atom stereocenters. The number of fused-ring (bicyclic) bond motifs is 1. The number of aryl methyl sites for hydroxylation is 1. The first-order valence-corrected chi connectivity index (χ1v) is 11.4. The number of hydrogen-bond donors (Lipinski definition) is 2. The Morgan fingerprint density at radius 1 is 1.00 bits per heavy atom. The summed E-state index contributed by atoms with van der Waals surface area (Å²) >= 11 is 0. The SMILES string of the molecule is COc1ccc([C@H]2NC(=O)NC=C2c2oc3cc(C#N)c(C#N)cc3c2C(=O)c2ccc(C)cc2)cc1. The average Bonchev–Trinajstić information content (AvgIpc) is 3.30. The maximum atomic E-state index is 13.9. The first-order chi connectivity index (χ1) is 17.9. The second kappa shape index (κ2) is 9.37. The number of ether oxygens (including phenoxy) is 1. The molecule has 0 saturated heterocycles. The molecule has 0 unspecified atom stereocenters. The van der Waals surface area contributed by atoms with Gasteiger partial charge >= 0.3 is 6.03 Å². The summed E-state index contributed by atoms with van der Waals surface area (Å²) in [5.74, 6) is 0.572. The number of carbonyl (C=O) groups is 2. The summed E-state index contributed by atoms with van der Waals surface area (Å²) in [7, 11) is 1.56. The topological polar surface area (TPSA) is 128 Å². The molecule has 8 heteroatoms. The molecule has 0 spiro atoms. The Hall–Kier alpha value is -5.34. The second-order valence-corrected chi connectivity index (χ2v) is 8.54. The Kier molecular flexibility index (Phi) is 5.93. The predicted molar refractivity (Wildman–Crippen MR) is 136 cm³/mol. The summed E-state index contributed by atoms with van der Waals surface area (Å²) in [6.45, 7) is 1.93. The number of nitrogens with zero attached hydrogens (tertiary/aromatic N) is 2. The van der Waals surface area contributed by atoms with E-state index in [2.05, 4.69) is 10.6 Å². The van der Waals surface area contributed by atoms with Crippen LogP contribution in [0.2, 0.25) is 0 Å². The van der Waals surface area contributed by atoms with Crippen molar-refractivity contribution in [3.05, 3.63) is 106 Å². The Bertz CT molecular complexity index is 1670. The first kappa shape index (κ1) is 23.4. The van der Waals surface area contributed by atoms with Crippen LogP contribution in [-0.2, 0) is 0 Å². The third kappa shape index (κ3) is 4.18. The van der Waals surface area contributed by atoms with Gasteiger partial charge in [0, 0.05) is 28.8 Å². The maximum Gasteiger partial charge on any atom is 0.319 e. The van der Waals surface area contributed by atoms with Crippen LogP contribution in [-0.4, -0.2) is 18.9 Å². The van der Waals surface area contributed by atoms with Crippen LogP contribution in [0.3, 0.4) is 0 Å². The average molecular weight is 489 g/mol. The van der Waals surface area contributed by atoms with Crippen LogP contribution in [0.15, 0.2) is 71.3 Å². The summed E-state index contributed by atoms with van der Waals surface area (Å²) in [6.07, 6.45) is 1.51. The lowest BCUT2D eigenvalue weighted by Crippen LogP contribution is -2.40. The summed E-state index contributed by atoms with van der Waals surface area (Å²) in [6, 6.07) is 20.2. The van der Waals surface area contributed by atoms with Crippen molar-refractivity contribution in [1.82, 2.24) is 10.6 Å². The molecule has 2 amide bonds. The largest absolute Gasteiger partial charge is 0.497 e. The zero-order chi connectivity index (χ0) is 26.1. The van der Waals surface area contributed by atoms with Crippen LogP contribution in [0.1, 0.15) is 50.0 Å². The van der Waals surface area contributed by atoms with Gasteiger partial charge in [-0.15, -0.1) is 0 Å². The lowest BCUT2D eigenvalue weighted by Gasteiger charge is -2.26. The molecular formula is C29H20N4O4. The lowest BCUT2D eigenvalue weighted by atomic mass is 9.90. The number of hydrogen-bond acceptors (Lipinski definition) is 6. The molecule has 8 nitrogen and oxygen atoms in total. The van der Waals surface area contributed by atoms with E-state index in [4.69, 9.17) is 9.15 Å². The van der Waals surface area contributed by atoms with E-state index in [0.717, 1.165) is 11.1 Å². The highest BCUT2D eigenvalue weighted by molar-refractivity contribution is 6.19.